The number of aliphatic hydroxyl groups is 1. The summed E-state index contributed by atoms with van der Waals surface area (Å²) in [5.74, 6) is -3.06. The van der Waals surface area contributed by atoms with Gasteiger partial charge in [0.1, 0.15) is 6.04 Å². The first kappa shape index (κ1) is 17.9. The Morgan fingerprint density at radius 3 is 2.17 bits per heavy atom. The molecule has 4 atom stereocenters. The number of carbonyl (C=O) groups excluding carboxylic acids is 2. The lowest BCUT2D eigenvalue weighted by molar-refractivity contribution is -0.148. The highest BCUT2D eigenvalue weighted by Gasteiger charge is 2.64. The number of benzene rings is 1. The molecule has 0 aliphatic heterocycles. The molecule has 0 radical (unpaired) electrons. The van der Waals surface area contributed by atoms with Gasteiger partial charge in [-0.3, -0.25) is 14.9 Å². The molecule has 1 aromatic carbocycles. The van der Waals surface area contributed by atoms with E-state index >= 15 is 0 Å². The highest BCUT2D eigenvalue weighted by Crippen LogP contribution is 2.50. The molecule has 7 heteroatoms. The van der Waals surface area contributed by atoms with Gasteiger partial charge in [-0.1, -0.05) is 30.3 Å². The van der Waals surface area contributed by atoms with Crippen LogP contribution in [0.2, 0.25) is 0 Å². The van der Waals surface area contributed by atoms with Crippen LogP contribution >= 0.6 is 0 Å². The number of nitriles is 1. The maximum atomic E-state index is 11.8. The van der Waals surface area contributed by atoms with Gasteiger partial charge in [0.2, 0.25) is 0 Å². The third-order valence-corrected chi connectivity index (χ3v) is 4.31. The van der Waals surface area contributed by atoms with Gasteiger partial charge in [-0.2, -0.15) is 5.26 Å². The van der Waals surface area contributed by atoms with Crippen LogP contribution in [-0.4, -0.2) is 43.9 Å². The fraction of sp³-hybridized carbons (Fsp3) is 0.471. The number of nitrogens with zero attached hydrogens (tertiary/aromatic N) is 1. The van der Waals surface area contributed by atoms with Crippen molar-refractivity contribution in [3.8, 4) is 6.07 Å². The van der Waals surface area contributed by atoms with Crippen molar-refractivity contribution < 1.29 is 24.2 Å². The van der Waals surface area contributed by atoms with Gasteiger partial charge in [0.25, 0.3) is 0 Å². The number of carbonyl (C=O) groups is 2. The number of rotatable bonds is 7. The van der Waals surface area contributed by atoms with Crippen LogP contribution in [0.1, 0.15) is 11.6 Å². The predicted octanol–water partition coefficient (Wildman–Crippen LogP) is 0.410. The first-order chi connectivity index (χ1) is 11.6. The van der Waals surface area contributed by atoms with Gasteiger partial charge in [-0.05, 0) is 5.56 Å². The van der Waals surface area contributed by atoms with E-state index in [4.69, 9.17) is 9.47 Å². The molecule has 0 amide bonds. The second kappa shape index (κ2) is 7.90. The number of hydrogen-bond donors (Lipinski definition) is 2. The van der Waals surface area contributed by atoms with E-state index in [1.807, 2.05) is 30.3 Å². The highest BCUT2D eigenvalue weighted by atomic mass is 16.5. The van der Waals surface area contributed by atoms with Gasteiger partial charge in [0, 0.05) is 5.92 Å². The molecule has 2 N–H and O–H groups in total. The molecular formula is C17H20N2O5. The zero-order valence-corrected chi connectivity index (χ0v) is 13.5. The molecule has 24 heavy (non-hydrogen) atoms. The highest BCUT2D eigenvalue weighted by molar-refractivity contribution is 5.88. The Balaban J connectivity index is 2.16. The first-order valence-corrected chi connectivity index (χ1v) is 7.56. The van der Waals surface area contributed by atoms with Gasteiger partial charge in [-0.25, -0.2) is 0 Å². The van der Waals surface area contributed by atoms with Crippen molar-refractivity contribution in [3.63, 3.8) is 0 Å². The normalized spacial score (nSPS) is 24.3. The Labute approximate surface area is 140 Å². The van der Waals surface area contributed by atoms with E-state index in [0.29, 0.717) is 0 Å². The molecule has 0 aromatic heterocycles. The Kier molecular flexibility index (Phi) is 5.90. The van der Waals surface area contributed by atoms with E-state index in [1.54, 1.807) is 0 Å². The Morgan fingerprint density at radius 2 is 1.75 bits per heavy atom. The standard InChI is InChI=1S/C17H20N2O5/c1-23-16(21)14-13(15(14)17(22)24-2)11(8-18)19-12(9-20)10-6-4-3-5-7-10/h3-7,11-15,19-20H,9H2,1-2H3/t11-,12-,14+,15+/m0/s1. The minimum atomic E-state index is -0.796. The monoisotopic (exact) mass is 332 g/mol. The van der Waals surface area contributed by atoms with Crippen LogP contribution in [0.3, 0.4) is 0 Å². The molecule has 0 saturated heterocycles. The molecule has 1 aliphatic rings. The summed E-state index contributed by atoms with van der Waals surface area (Å²) in [6.45, 7) is -0.222. The lowest BCUT2D eigenvalue weighted by Gasteiger charge is -2.20. The summed E-state index contributed by atoms with van der Waals surface area (Å²) in [5, 5.41) is 22.1. The van der Waals surface area contributed by atoms with Crippen molar-refractivity contribution in [1.29, 1.82) is 5.26 Å². The van der Waals surface area contributed by atoms with Crippen LogP contribution in [0.5, 0.6) is 0 Å². The third kappa shape index (κ3) is 3.55. The second-order valence-corrected chi connectivity index (χ2v) is 5.59. The van der Waals surface area contributed by atoms with Crippen molar-refractivity contribution in [2.75, 3.05) is 20.8 Å². The fourth-order valence-corrected chi connectivity index (χ4v) is 3.02. The molecule has 0 unspecified atom stereocenters. The summed E-state index contributed by atoms with van der Waals surface area (Å²) in [6.07, 6.45) is 0. The van der Waals surface area contributed by atoms with Crippen molar-refractivity contribution >= 4 is 11.9 Å². The predicted molar refractivity (Wildman–Crippen MR) is 83.3 cm³/mol. The number of nitrogens with one attached hydrogen (secondary N) is 1. The molecule has 0 spiro atoms. The Morgan fingerprint density at radius 1 is 1.21 bits per heavy atom. The molecule has 2 rings (SSSR count). The van der Waals surface area contributed by atoms with Crippen molar-refractivity contribution in [2.45, 2.75) is 12.1 Å². The van der Waals surface area contributed by atoms with Gasteiger partial charge in [0.15, 0.2) is 0 Å². The second-order valence-electron chi connectivity index (χ2n) is 5.59. The van der Waals surface area contributed by atoms with Crippen molar-refractivity contribution in [3.05, 3.63) is 35.9 Å². The van der Waals surface area contributed by atoms with Crippen LogP contribution in [-0.2, 0) is 19.1 Å². The Bertz CT molecular complexity index is 606. The number of hydrogen-bond acceptors (Lipinski definition) is 7. The molecule has 1 aliphatic carbocycles. The van der Waals surface area contributed by atoms with Crippen LogP contribution < -0.4 is 5.32 Å². The maximum Gasteiger partial charge on any atom is 0.309 e. The smallest absolute Gasteiger partial charge is 0.309 e. The fourth-order valence-electron chi connectivity index (χ4n) is 3.02. The molecule has 128 valence electrons. The van der Waals surface area contributed by atoms with Gasteiger partial charge in [-0.15, -0.1) is 0 Å². The summed E-state index contributed by atoms with van der Waals surface area (Å²) >= 11 is 0. The van der Waals surface area contributed by atoms with E-state index in [1.165, 1.54) is 14.2 Å². The van der Waals surface area contributed by atoms with E-state index < -0.39 is 41.8 Å². The molecule has 1 aromatic rings. The topological polar surface area (TPSA) is 109 Å². The quantitative estimate of drug-likeness (QED) is 0.696. The Hall–Kier alpha value is -2.43. The van der Waals surface area contributed by atoms with Gasteiger partial charge < -0.3 is 14.6 Å². The average Bonchev–Trinajstić information content (AvgIpc) is 3.37. The summed E-state index contributed by atoms with van der Waals surface area (Å²) in [7, 11) is 2.47. The molecule has 1 saturated carbocycles. The maximum absolute atomic E-state index is 11.8. The minimum Gasteiger partial charge on any atom is -0.469 e. The molecule has 0 bridgehead atoms. The zero-order valence-electron chi connectivity index (χ0n) is 13.5. The number of aliphatic hydroxyl groups excluding tert-OH is 1. The van der Waals surface area contributed by atoms with Gasteiger partial charge in [0.05, 0.1) is 44.8 Å². The molecule has 7 nitrogen and oxygen atoms in total. The van der Waals surface area contributed by atoms with Crippen LogP contribution in [0.4, 0.5) is 0 Å². The SMILES string of the molecule is COC(=O)[C@@H]1C([C@H](C#N)N[C@@H](CO)c2ccccc2)[C@H]1C(=O)OC. The van der Waals surface area contributed by atoms with E-state index in [0.717, 1.165) is 5.56 Å². The summed E-state index contributed by atoms with van der Waals surface area (Å²) in [4.78, 5) is 23.7. The average molecular weight is 332 g/mol. The van der Waals surface area contributed by atoms with E-state index in [2.05, 4.69) is 11.4 Å². The number of esters is 2. The minimum absolute atomic E-state index is 0.222. The summed E-state index contributed by atoms with van der Waals surface area (Å²) in [5.41, 5.74) is 0.810. The molecule has 1 fully saturated rings. The van der Waals surface area contributed by atoms with E-state index in [-0.39, 0.29) is 6.61 Å². The van der Waals surface area contributed by atoms with Crippen LogP contribution in [0.25, 0.3) is 0 Å². The van der Waals surface area contributed by atoms with Gasteiger partial charge >= 0.3 is 11.9 Å². The lowest BCUT2D eigenvalue weighted by atomic mass is 10.0. The summed E-state index contributed by atoms with van der Waals surface area (Å²) < 4.78 is 9.41. The van der Waals surface area contributed by atoms with Crippen molar-refractivity contribution in [1.82, 2.24) is 5.32 Å². The number of ether oxygens (including phenoxy) is 2. The lowest BCUT2D eigenvalue weighted by Crippen LogP contribution is -2.36. The summed E-state index contributed by atoms with van der Waals surface area (Å²) in [6, 6.07) is 9.95. The van der Waals surface area contributed by atoms with Crippen molar-refractivity contribution in [2.24, 2.45) is 17.8 Å². The largest absolute Gasteiger partial charge is 0.469 e. The van der Waals surface area contributed by atoms with Crippen LogP contribution in [0, 0.1) is 29.1 Å². The first-order valence-electron chi connectivity index (χ1n) is 7.56. The molecular weight excluding hydrogens is 312 g/mol. The van der Waals surface area contributed by atoms with E-state index in [9.17, 15) is 20.0 Å². The van der Waals surface area contributed by atoms with Crippen LogP contribution in [0.15, 0.2) is 30.3 Å². The third-order valence-electron chi connectivity index (χ3n) is 4.31. The molecule has 0 heterocycles. The zero-order chi connectivity index (χ0) is 17.7. The number of methoxy groups -OCH3 is 2.